The van der Waals surface area contributed by atoms with Gasteiger partial charge in [-0.25, -0.2) is 0 Å². The molecule has 0 radical (unpaired) electrons. The van der Waals surface area contributed by atoms with Gasteiger partial charge in [0.2, 0.25) is 0 Å². The van der Waals surface area contributed by atoms with Crippen LogP contribution in [0.4, 0.5) is 0 Å². The molecule has 2 heteroatoms. The second kappa shape index (κ2) is 5.26. The molecule has 1 aliphatic carbocycles. The summed E-state index contributed by atoms with van der Waals surface area (Å²) in [7, 11) is 0. The molecular formula is C14H18O2. The van der Waals surface area contributed by atoms with Gasteiger partial charge in [0.05, 0.1) is 6.10 Å². The zero-order valence-corrected chi connectivity index (χ0v) is 9.74. The van der Waals surface area contributed by atoms with Crippen LogP contribution >= 0.6 is 0 Å². The third-order valence-electron chi connectivity index (χ3n) is 3.13. The molecule has 1 aliphatic rings. The number of aryl methyl sites for hydroxylation is 1. The van der Waals surface area contributed by atoms with Crippen molar-refractivity contribution in [3.63, 3.8) is 0 Å². The van der Waals surface area contributed by atoms with Crippen LogP contribution in [0.15, 0.2) is 24.3 Å². The van der Waals surface area contributed by atoms with Crippen molar-refractivity contribution in [2.24, 2.45) is 0 Å². The van der Waals surface area contributed by atoms with Crippen molar-refractivity contribution in [1.29, 1.82) is 0 Å². The van der Waals surface area contributed by atoms with Crippen molar-refractivity contribution < 1.29 is 9.53 Å². The van der Waals surface area contributed by atoms with E-state index in [9.17, 15) is 4.79 Å². The first-order chi connectivity index (χ1) is 7.75. The Morgan fingerprint density at radius 3 is 2.50 bits per heavy atom. The van der Waals surface area contributed by atoms with Gasteiger partial charge in [-0.15, -0.1) is 0 Å². The highest BCUT2D eigenvalue weighted by atomic mass is 16.5. The normalized spacial score (nSPS) is 16.6. The van der Waals surface area contributed by atoms with Crippen LogP contribution < -0.4 is 0 Å². The van der Waals surface area contributed by atoms with Gasteiger partial charge in [-0.2, -0.15) is 0 Å². The van der Waals surface area contributed by atoms with Crippen molar-refractivity contribution in [3.05, 3.63) is 35.4 Å². The molecule has 0 heterocycles. The van der Waals surface area contributed by atoms with E-state index >= 15 is 0 Å². The molecule has 2 rings (SSSR count). The minimum absolute atomic E-state index is 0.0897. The zero-order chi connectivity index (χ0) is 11.4. The van der Waals surface area contributed by atoms with Gasteiger partial charge in [-0.3, -0.25) is 4.79 Å². The van der Waals surface area contributed by atoms with E-state index < -0.39 is 0 Å². The van der Waals surface area contributed by atoms with E-state index in [1.807, 2.05) is 31.2 Å². The van der Waals surface area contributed by atoms with E-state index in [4.69, 9.17) is 4.74 Å². The number of carbonyl (C=O) groups excluding carboxylic acids is 1. The summed E-state index contributed by atoms with van der Waals surface area (Å²) in [5.41, 5.74) is 1.93. The highest BCUT2D eigenvalue weighted by Crippen LogP contribution is 2.21. The quantitative estimate of drug-likeness (QED) is 0.726. The Morgan fingerprint density at radius 1 is 1.25 bits per heavy atom. The van der Waals surface area contributed by atoms with Gasteiger partial charge in [0.1, 0.15) is 6.61 Å². The van der Waals surface area contributed by atoms with Crippen molar-refractivity contribution in [3.8, 4) is 0 Å². The largest absolute Gasteiger partial charge is 0.370 e. The van der Waals surface area contributed by atoms with Gasteiger partial charge in [0.15, 0.2) is 5.78 Å². The number of carbonyl (C=O) groups is 1. The van der Waals surface area contributed by atoms with Crippen LogP contribution in [0.25, 0.3) is 0 Å². The first kappa shape index (κ1) is 11.3. The van der Waals surface area contributed by atoms with E-state index in [-0.39, 0.29) is 12.4 Å². The molecule has 1 aromatic carbocycles. The Hall–Kier alpha value is -1.15. The molecule has 2 nitrogen and oxygen atoms in total. The van der Waals surface area contributed by atoms with Crippen LogP contribution in [0.5, 0.6) is 0 Å². The smallest absolute Gasteiger partial charge is 0.188 e. The summed E-state index contributed by atoms with van der Waals surface area (Å²) in [6, 6.07) is 7.66. The Balaban J connectivity index is 1.85. The van der Waals surface area contributed by atoms with Crippen LogP contribution in [0.3, 0.4) is 0 Å². The van der Waals surface area contributed by atoms with Crippen molar-refractivity contribution in [2.75, 3.05) is 6.61 Å². The molecule has 0 amide bonds. The first-order valence-corrected chi connectivity index (χ1v) is 5.97. The SMILES string of the molecule is Cc1ccc(C(=O)COC2CCCC2)cc1. The van der Waals surface area contributed by atoms with Crippen LogP contribution in [-0.2, 0) is 4.74 Å². The molecule has 0 spiro atoms. The molecule has 86 valence electrons. The summed E-state index contributed by atoms with van der Waals surface area (Å²) >= 11 is 0. The Labute approximate surface area is 96.6 Å². The predicted molar refractivity (Wildman–Crippen MR) is 63.7 cm³/mol. The molecular weight excluding hydrogens is 200 g/mol. The van der Waals surface area contributed by atoms with Crippen LogP contribution in [0.1, 0.15) is 41.6 Å². The highest BCUT2D eigenvalue weighted by molar-refractivity contribution is 5.97. The fourth-order valence-corrected chi connectivity index (χ4v) is 2.07. The Kier molecular flexibility index (Phi) is 3.73. The topological polar surface area (TPSA) is 26.3 Å². The van der Waals surface area contributed by atoms with Gasteiger partial charge in [-0.1, -0.05) is 42.7 Å². The van der Waals surface area contributed by atoms with E-state index in [1.54, 1.807) is 0 Å². The lowest BCUT2D eigenvalue weighted by Gasteiger charge is -2.10. The number of hydrogen-bond donors (Lipinski definition) is 0. The van der Waals surface area contributed by atoms with E-state index in [1.165, 1.54) is 18.4 Å². The minimum Gasteiger partial charge on any atom is -0.370 e. The molecule has 0 bridgehead atoms. The number of ether oxygens (including phenoxy) is 1. The fourth-order valence-electron chi connectivity index (χ4n) is 2.07. The summed E-state index contributed by atoms with van der Waals surface area (Å²) in [5, 5.41) is 0. The molecule has 0 unspecified atom stereocenters. The highest BCUT2D eigenvalue weighted by Gasteiger charge is 2.16. The lowest BCUT2D eigenvalue weighted by molar-refractivity contribution is 0.0482. The van der Waals surface area contributed by atoms with E-state index in [0.29, 0.717) is 6.10 Å². The maximum atomic E-state index is 11.8. The summed E-state index contributed by atoms with van der Waals surface area (Å²) < 4.78 is 5.60. The first-order valence-electron chi connectivity index (χ1n) is 5.97. The molecule has 0 N–H and O–H groups in total. The third-order valence-corrected chi connectivity index (χ3v) is 3.13. The van der Waals surface area contributed by atoms with Gasteiger partial charge in [-0.05, 0) is 19.8 Å². The second-order valence-corrected chi connectivity index (χ2v) is 4.51. The third kappa shape index (κ3) is 2.92. The van der Waals surface area contributed by atoms with Gasteiger partial charge in [0.25, 0.3) is 0 Å². The van der Waals surface area contributed by atoms with E-state index in [0.717, 1.165) is 18.4 Å². The molecule has 0 aliphatic heterocycles. The number of benzene rings is 1. The second-order valence-electron chi connectivity index (χ2n) is 4.51. The zero-order valence-electron chi connectivity index (χ0n) is 9.74. The van der Waals surface area contributed by atoms with Gasteiger partial charge < -0.3 is 4.74 Å². The maximum absolute atomic E-state index is 11.8. The Morgan fingerprint density at radius 2 is 1.88 bits per heavy atom. The van der Waals surface area contributed by atoms with Crippen molar-refractivity contribution >= 4 is 5.78 Å². The number of ketones is 1. The molecule has 16 heavy (non-hydrogen) atoms. The fraction of sp³-hybridized carbons (Fsp3) is 0.500. The van der Waals surface area contributed by atoms with Gasteiger partial charge >= 0.3 is 0 Å². The lowest BCUT2D eigenvalue weighted by atomic mass is 10.1. The Bertz CT molecular complexity index is 348. The standard InChI is InChI=1S/C14H18O2/c1-11-6-8-12(9-7-11)14(15)10-16-13-4-2-3-5-13/h6-9,13H,2-5,10H2,1H3. The molecule has 1 saturated carbocycles. The van der Waals surface area contributed by atoms with Crippen molar-refractivity contribution in [2.45, 2.75) is 38.7 Å². The number of Topliss-reactive ketones (excluding diaryl/α,β-unsaturated/α-hetero) is 1. The maximum Gasteiger partial charge on any atom is 0.188 e. The van der Waals surface area contributed by atoms with Crippen molar-refractivity contribution in [1.82, 2.24) is 0 Å². The molecule has 1 fully saturated rings. The minimum atomic E-state index is 0.0897. The summed E-state index contributed by atoms with van der Waals surface area (Å²) in [6.45, 7) is 2.25. The lowest BCUT2D eigenvalue weighted by Crippen LogP contribution is -2.15. The van der Waals surface area contributed by atoms with Gasteiger partial charge in [0, 0.05) is 5.56 Å². The molecule has 0 aromatic heterocycles. The number of hydrogen-bond acceptors (Lipinski definition) is 2. The molecule has 0 saturated heterocycles. The average molecular weight is 218 g/mol. The monoisotopic (exact) mass is 218 g/mol. The summed E-state index contributed by atoms with van der Waals surface area (Å²) in [6.07, 6.45) is 5.02. The average Bonchev–Trinajstić information content (AvgIpc) is 2.80. The van der Waals surface area contributed by atoms with Crippen LogP contribution in [0.2, 0.25) is 0 Å². The molecule has 0 atom stereocenters. The summed E-state index contributed by atoms with van der Waals surface area (Å²) in [5.74, 6) is 0.0897. The number of rotatable bonds is 4. The molecule has 1 aromatic rings. The van der Waals surface area contributed by atoms with E-state index in [2.05, 4.69) is 0 Å². The van der Waals surface area contributed by atoms with Crippen LogP contribution in [0, 0.1) is 6.92 Å². The van der Waals surface area contributed by atoms with Crippen LogP contribution in [-0.4, -0.2) is 18.5 Å². The predicted octanol–water partition coefficient (Wildman–Crippen LogP) is 3.14. The summed E-state index contributed by atoms with van der Waals surface area (Å²) in [4.78, 5) is 11.8.